The Morgan fingerprint density at radius 3 is 2.33 bits per heavy atom. The van der Waals surface area contributed by atoms with Crippen LogP contribution in [0.4, 0.5) is 5.69 Å². The molecule has 8 nitrogen and oxygen atoms in total. The lowest BCUT2D eigenvalue weighted by atomic mass is 10.1. The fraction of sp³-hybridized carbons (Fsp3) is 0.364. The van der Waals surface area contributed by atoms with Gasteiger partial charge >= 0.3 is 5.97 Å². The van der Waals surface area contributed by atoms with Crippen molar-refractivity contribution in [2.24, 2.45) is 7.05 Å². The van der Waals surface area contributed by atoms with E-state index in [9.17, 15) is 9.59 Å². The topological polar surface area (TPSA) is 91.0 Å². The molecule has 0 aliphatic heterocycles. The van der Waals surface area contributed by atoms with Gasteiger partial charge in [-0.1, -0.05) is 18.2 Å². The molecule has 0 aliphatic carbocycles. The SMILES string of the molecule is Cc1nn(C)c(C)c1CCC(=O)OCC(=O)Nc1c(C)nn(-c2ccccc2)c1C. The van der Waals surface area contributed by atoms with E-state index in [2.05, 4.69) is 15.5 Å². The number of hydrogen-bond donors (Lipinski definition) is 1. The molecule has 0 spiro atoms. The van der Waals surface area contributed by atoms with Gasteiger partial charge in [-0.3, -0.25) is 14.3 Å². The Hall–Kier alpha value is -3.42. The van der Waals surface area contributed by atoms with Crippen LogP contribution in [0.25, 0.3) is 5.69 Å². The molecule has 0 saturated carbocycles. The van der Waals surface area contributed by atoms with Gasteiger partial charge in [0.25, 0.3) is 5.91 Å². The van der Waals surface area contributed by atoms with Crippen LogP contribution in [0.15, 0.2) is 30.3 Å². The first-order valence-electron chi connectivity index (χ1n) is 9.84. The predicted molar refractivity (Wildman–Crippen MR) is 114 cm³/mol. The van der Waals surface area contributed by atoms with Crippen molar-refractivity contribution in [3.8, 4) is 5.69 Å². The summed E-state index contributed by atoms with van der Waals surface area (Å²) >= 11 is 0. The molecule has 1 amide bonds. The van der Waals surface area contributed by atoms with Gasteiger partial charge in [-0.2, -0.15) is 10.2 Å². The fourth-order valence-corrected chi connectivity index (χ4v) is 3.44. The number of carbonyl (C=O) groups excluding carboxylic acids is 2. The van der Waals surface area contributed by atoms with Crippen molar-refractivity contribution in [2.45, 2.75) is 40.5 Å². The zero-order valence-corrected chi connectivity index (χ0v) is 18.0. The number of para-hydroxylation sites is 1. The summed E-state index contributed by atoms with van der Waals surface area (Å²) in [5, 5.41) is 11.6. The van der Waals surface area contributed by atoms with Gasteiger partial charge in [0.05, 0.1) is 28.5 Å². The second kappa shape index (κ2) is 8.94. The molecule has 30 heavy (non-hydrogen) atoms. The Morgan fingerprint density at radius 2 is 1.70 bits per heavy atom. The number of carbonyl (C=O) groups is 2. The molecule has 3 rings (SSSR count). The summed E-state index contributed by atoms with van der Waals surface area (Å²) in [6, 6.07) is 9.68. The molecule has 0 radical (unpaired) electrons. The number of anilines is 1. The summed E-state index contributed by atoms with van der Waals surface area (Å²) in [6.45, 7) is 7.26. The predicted octanol–water partition coefficient (Wildman–Crippen LogP) is 2.95. The molecule has 1 aromatic carbocycles. The largest absolute Gasteiger partial charge is 0.456 e. The van der Waals surface area contributed by atoms with Gasteiger partial charge < -0.3 is 10.1 Å². The van der Waals surface area contributed by atoms with Crippen LogP contribution in [0.3, 0.4) is 0 Å². The Kier molecular flexibility index (Phi) is 6.34. The van der Waals surface area contributed by atoms with Crippen LogP contribution in [-0.4, -0.2) is 38.0 Å². The molecule has 8 heteroatoms. The average molecular weight is 409 g/mol. The van der Waals surface area contributed by atoms with Crippen molar-refractivity contribution < 1.29 is 14.3 Å². The van der Waals surface area contributed by atoms with E-state index in [0.29, 0.717) is 17.8 Å². The highest BCUT2D eigenvalue weighted by Crippen LogP contribution is 2.22. The van der Waals surface area contributed by atoms with Crippen LogP contribution >= 0.6 is 0 Å². The van der Waals surface area contributed by atoms with Crippen molar-refractivity contribution in [3.05, 3.63) is 58.7 Å². The summed E-state index contributed by atoms with van der Waals surface area (Å²) in [7, 11) is 1.87. The minimum Gasteiger partial charge on any atom is -0.456 e. The number of nitrogens with one attached hydrogen (secondary N) is 1. The van der Waals surface area contributed by atoms with Crippen LogP contribution in [0.1, 0.15) is 34.8 Å². The van der Waals surface area contributed by atoms with Gasteiger partial charge in [-0.15, -0.1) is 0 Å². The third-order valence-corrected chi connectivity index (χ3v) is 5.16. The summed E-state index contributed by atoms with van der Waals surface area (Å²) in [5.41, 5.74) is 6.01. The molecule has 3 aromatic rings. The molecule has 0 unspecified atom stereocenters. The highest BCUT2D eigenvalue weighted by molar-refractivity contribution is 5.93. The third-order valence-electron chi connectivity index (χ3n) is 5.16. The lowest BCUT2D eigenvalue weighted by molar-refractivity contribution is -0.147. The zero-order chi connectivity index (χ0) is 21.8. The van der Waals surface area contributed by atoms with Crippen LogP contribution in [0, 0.1) is 27.7 Å². The molecule has 1 N–H and O–H groups in total. The van der Waals surface area contributed by atoms with Crippen molar-refractivity contribution in [2.75, 3.05) is 11.9 Å². The van der Waals surface area contributed by atoms with Crippen LogP contribution in [0.2, 0.25) is 0 Å². The molecule has 0 atom stereocenters. The molecule has 0 bridgehead atoms. The molecular weight excluding hydrogens is 382 g/mol. The number of benzene rings is 1. The molecule has 2 aromatic heterocycles. The second-order valence-corrected chi connectivity index (χ2v) is 7.28. The molecular formula is C22H27N5O3. The van der Waals surface area contributed by atoms with E-state index >= 15 is 0 Å². The number of aryl methyl sites for hydroxylation is 3. The van der Waals surface area contributed by atoms with E-state index in [1.165, 1.54) is 0 Å². The standard InChI is InChI=1S/C22H27N5O3/c1-14-19(16(3)26(5)24-14)11-12-21(29)30-13-20(28)23-22-15(2)25-27(17(22)4)18-9-7-6-8-10-18/h6-10H,11-13H2,1-5H3,(H,23,28). The van der Waals surface area contributed by atoms with E-state index in [0.717, 1.165) is 28.3 Å². The highest BCUT2D eigenvalue weighted by atomic mass is 16.5. The average Bonchev–Trinajstić information content (AvgIpc) is 3.14. The lowest BCUT2D eigenvalue weighted by Gasteiger charge is -2.08. The smallest absolute Gasteiger partial charge is 0.306 e. The van der Waals surface area contributed by atoms with Gasteiger partial charge in [0.1, 0.15) is 0 Å². The van der Waals surface area contributed by atoms with E-state index in [1.54, 1.807) is 9.36 Å². The molecule has 0 fully saturated rings. The van der Waals surface area contributed by atoms with Gasteiger partial charge in [-0.05, 0) is 51.8 Å². The zero-order valence-electron chi connectivity index (χ0n) is 18.0. The number of nitrogens with zero attached hydrogens (tertiary/aromatic N) is 4. The Bertz CT molecular complexity index is 1070. The number of aromatic nitrogens is 4. The number of rotatable bonds is 7. The highest BCUT2D eigenvalue weighted by Gasteiger charge is 2.17. The van der Waals surface area contributed by atoms with Gasteiger partial charge in [0, 0.05) is 19.2 Å². The summed E-state index contributed by atoms with van der Waals surface area (Å²) < 4.78 is 8.72. The minimum absolute atomic E-state index is 0.199. The van der Waals surface area contributed by atoms with Crippen molar-refractivity contribution in [3.63, 3.8) is 0 Å². The maximum atomic E-state index is 12.3. The van der Waals surface area contributed by atoms with Gasteiger partial charge in [-0.25, -0.2) is 4.68 Å². The third kappa shape index (κ3) is 4.59. The quantitative estimate of drug-likeness (QED) is 0.606. The van der Waals surface area contributed by atoms with Crippen LogP contribution in [0.5, 0.6) is 0 Å². The van der Waals surface area contributed by atoms with Gasteiger partial charge in [0.2, 0.25) is 0 Å². The second-order valence-electron chi connectivity index (χ2n) is 7.28. The number of hydrogen-bond acceptors (Lipinski definition) is 5. The molecule has 158 valence electrons. The number of amides is 1. The summed E-state index contributed by atoms with van der Waals surface area (Å²) in [4.78, 5) is 24.4. The number of esters is 1. The van der Waals surface area contributed by atoms with Crippen molar-refractivity contribution in [1.82, 2.24) is 19.6 Å². The Morgan fingerprint density at radius 1 is 1.00 bits per heavy atom. The molecule has 2 heterocycles. The van der Waals surface area contributed by atoms with Crippen molar-refractivity contribution in [1.29, 1.82) is 0 Å². The Labute approximate surface area is 175 Å². The fourth-order valence-electron chi connectivity index (χ4n) is 3.44. The lowest BCUT2D eigenvalue weighted by Crippen LogP contribution is -2.21. The van der Waals surface area contributed by atoms with E-state index in [-0.39, 0.29) is 13.0 Å². The van der Waals surface area contributed by atoms with Gasteiger partial charge in [0.15, 0.2) is 6.61 Å². The molecule has 0 saturated heterocycles. The first kappa shape index (κ1) is 21.3. The first-order chi connectivity index (χ1) is 14.3. The summed E-state index contributed by atoms with van der Waals surface area (Å²) in [5.74, 6) is -0.808. The first-order valence-corrected chi connectivity index (χ1v) is 9.84. The maximum Gasteiger partial charge on any atom is 0.306 e. The van der Waals surface area contributed by atoms with Crippen LogP contribution < -0.4 is 5.32 Å². The molecule has 0 aliphatic rings. The van der Waals surface area contributed by atoms with E-state index in [1.807, 2.05) is 65.1 Å². The minimum atomic E-state index is -0.416. The van der Waals surface area contributed by atoms with E-state index in [4.69, 9.17) is 4.74 Å². The Balaban J connectivity index is 1.55. The van der Waals surface area contributed by atoms with Crippen molar-refractivity contribution >= 4 is 17.6 Å². The maximum absolute atomic E-state index is 12.3. The normalized spacial score (nSPS) is 10.8. The van der Waals surface area contributed by atoms with Crippen LogP contribution in [-0.2, 0) is 27.8 Å². The van der Waals surface area contributed by atoms with E-state index < -0.39 is 11.9 Å². The number of ether oxygens (including phenoxy) is 1. The summed E-state index contributed by atoms with van der Waals surface area (Å²) in [6.07, 6.45) is 0.735. The monoisotopic (exact) mass is 409 g/mol.